The number of benzene rings is 2. The smallest absolute Gasteiger partial charge is 0.270 e. The number of amides is 1. The van der Waals surface area contributed by atoms with Crippen molar-refractivity contribution in [2.45, 2.75) is 13.5 Å². The Labute approximate surface area is 148 Å². The van der Waals surface area contributed by atoms with Crippen molar-refractivity contribution >= 4 is 17.3 Å². The van der Waals surface area contributed by atoms with Gasteiger partial charge in [-0.2, -0.15) is 0 Å². The van der Waals surface area contributed by atoms with Crippen molar-refractivity contribution in [3.05, 3.63) is 89.7 Å². The summed E-state index contributed by atoms with van der Waals surface area (Å²) in [4.78, 5) is 18.6. The molecule has 0 aliphatic heterocycles. The van der Waals surface area contributed by atoms with Crippen LogP contribution in [0, 0.1) is 6.92 Å². The second-order valence-corrected chi connectivity index (χ2v) is 5.96. The van der Waals surface area contributed by atoms with Gasteiger partial charge in [-0.25, -0.2) is 0 Å². The third-order valence-electron chi connectivity index (χ3n) is 4.08. The molecule has 1 N–H and O–H groups in total. The summed E-state index contributed by atoms with van der Waals surface area (Å²) in [6.07, 6.45) is 1.66. The molecule has 1 aromatic heterocycles. The zero-order chi connectivity index (χ0) is 17.6. The van der Waals surface area contributed by atoms with E-state index >= 15 is 0 Å². The van der Waals surface area contributed by atoms with Gasteiger partial charge in [-0.05, 0) is 36.8 Å². The summed E-state index contributed by atoms with van der Waals surface area (Å²) in [5.74, 6) is -0.177. The monoisotopic (exact) mass is 331 g/mol. The highest BCUT2D eigenvalue weighted by molar-refractivity contribution is 5.93. The van der Waals surface area contributed by atoms with Gasteiger partial charge in [0.2, 0.25) is 0 Å². The Hall–Kier alpha value is -3.14. The number of aryl methyl sites for hydroxylation is 1. The fourth-order valence-corrected chi connectivity index (χ4v) is 2.53. The molecule has 0 spiro atoms. The maximum absolute atomic E-state index is 12.4. The molecule has 0 fully saturated rings. The number of rotatable bonds is 5. The summed E-state index contributed by atoms with van der Waals surface area (Å²) in [6.45, 7) is 2.53. The van der Waals surface area contributed by atoms with Crippen LogP contribution in [0.5, 0.6) is 0 Å². The number of carbonyl (C=O) groups is 1. The number of carbonyl (C=O) groups excluding carboxylic acids is 1. The summed E-state index contributed by atoms with van der Waals surface area (Å²) in [6, 6.07) is 21.8. The Balaban J connectivity index is 1.70. The SMILES string of the molecule is Cc1ccc(CNC(=O)c2cc(N(C)c3ccccc3)ccn2)cc1. The van der Waals surface area contributed by atoms with Crippen LogP contribution >= 0.6 is 0 Å². The summed E-state index contributed by atoms with van der Waals surface area (Å²) in [5, 5.41) is 2.92. The molecule has 0 saturated heterocycles. The molecule has 0 radical (unpaired) electrons. The first-order chi connectivity index (χ1) is 12.1. The first-order valence-electron chi connectivity index (χ1n) is 8.22. The highest BCUT2D eigenvalue weighted by atomic mass is 16.1. The average Bonchev–Trinajstić information content (AvgIpc) is 2.67. The molecule has 0 aliphatic carbocycles. The van der Waals surface area contributed by atoms with Gasteiger partial charge in [-0.15, -0.1) is 0 Å². The normalized spacial score (nSPS) is 10.3. The molecule has 0 aliphatic rings. The molecule has 3 aromatic rings. The molecular formula is C21H21N3O. The molecule has 0 unspecified atom stereocenters. The zero-order valence-corrected chi connectivity index (χ0v) is 14.4. The first-order valence-corrected chi connectivity index (χ1v) is 8.22. The minimum Gasteiger partial charge on any atom is -0.347 e. The Kier molecular flexibility index (Phi) is 5.09. The van der Waals surface area contributed by atoms with Gasteiger partial charge < -0.3 is 10.2 Å². The van der Waals surface area contributed by atoms with Crippen molar-refractivity contribution in [1.29, 1.82) is 0 Å². The molecule has 25 heavy (non-hydrogen) atoms. The van der Waals surface area contributed by atoms with E-state index in [-0.39, 0.29) is 5.91 Å². The van der Waals surface area contributed by atoms with Crippen LogP contribution in [0.2, 0.25) is 0 Å². The molecule has 0 bridgehead atoms. The zero-order valence-electron chi connectivity index (χ0n) is 14.4. The van der Waals surface area contributed by atoms with E-state index in [0.717, 1.165) is 16.9 Å². The lowest BCUT2D eigenvalue weighted by atomic mass is 10.1. The van der Waals surface area contributed by atoms with Crippen LogP contribution < -0.4 is 10.2 Å². The van der Waals surface area contributed by atoms with E-state index < -0.39 is 0 Å². The van der Waals surface area contributed by atoms with Gasteiger partial charge >= 0.3 is 0 Å². The summed E-state index contributed by atoms with van der Waals surface area (Å²) < 4.78 is 0. The summed E-state index contributed by atoms with van der Waals surface area (Å²) in [5.41, 5.74) is 4.65. The Morgan fingerprint density at radius 2 is 1.72 bits per heavy atom. The molecule has 126 valence electrons. The first kappa shape index (κ1) is 16.7. The molecule has 0 atom stereocenters. The van der Waals surface area contributed by atoms with Crippen molar-refractivity contribution in [3.8, 4) is 0 Å². The van der Waals surface area contributed by atoms with Gasteiger partial charge in [0.25, 0.3) is 5.91 Å². The van der Waals surface area contributed by atoms with E-state index in [4.69, 9.17) is 0 Å². The second kappa shape index (κ2) is 7.62. The topological polar surface area (TPSA) is 45.2 Å². The predicted octanol–water partition coefficient (Wildman–Crippen LogP) is 4.09. The van der Waals surface area contributed by atoms with E-state index in [2.05, 4.69) is 10.3 Å². The maximum Gasteiger partial charge on any atom is 0.270 e. The summed E-state index contributed by atoms with van der Waals surface area (Å²) >= 11 is 0. The van der Waals surface area contributed by atoms with Crippen molar-refractivity contribution in [2.75, 3.05) is 11.9 Å². The van der Waals surface area contributed by atoms with E-state index in [9.17, 15) is 4.79 Å². The van der Waals surface area contributed by atoms with Crippen molar-refractivity contribution in [2.24, 2.45) is 0 Å². The van der Waals surface area contributed by atoms with Crippen LogP contribution in [0.3, 0.4) is 0 Å². The van der Waals surface area contributed by atoms with Crippen LogP contribution in [-0.2, 0) is 6.54 Å². The molecule has 2 aromatic carbocycles. The molecule has 4 nitrogen and oxygen atoms in total. The number of anilines is 2. The maximum atomic E-state index is 12.4. The van der Waals surface area contributed by atoms with Crippen LogP contribution in [0.1, 0.15) is 21.6 Å². The predicted molar refractivity (Wildman–Crippen MR) is 101 cm³/mol. The van der Waals surface area contributed by atoms with Crippen LogP contribution in [0.15, 0.2) is 72.9 Å². The largest absolute Gasteiger partial charge is 0.347 e. The minimum atomic E-state index is -0.177. The lowest BCUT2D eigenvalue weighted by molar-refractivity contribution is 0.0946. The van der Waals surface area contributed by atoms with Crippen LogP contribution in [-0.4, -0.2) is 17.9 Å². The average molecular weight is 331 g/mol. The number of aromatic nitrogens is 1. The standard InChI is InChI=1S/C21H21N3O/c1-16-8-10-17(11-9-16)15-23-21(25)20-14-19(12-13-22-20)24(2)18-6-4-3-5-7-18/h3-14H,15H2,1-2H3,(H,23,25). The van der Waals surface area contributed by atoms with Crippen LogP contribution in [0.25, 0.3) is 0 Å². The van der Waals surface area contributed by atoms with Gasteiger partial charge in [-0.1, -0.05) is 48.0 Å². The van der Waals surface area contributed by atoms with Gasteiger partial charge in [0.15, 0.2) is 0 Å². The molecular weight excluding hydrogens is 310 g/mol. The van der Waals surface area contributed by atoms with E-state index in [1.807, 2.05) is 79.5 Å². The number of para-hydroxylation sites is 1. The van der Waals surface area contributed by atoms with Crippen molar-refractivity contribution in [3.63, 3.8) is 0 Å². The molecule has 1 amide bonds. The van der Waals surface area contributed by atoms with Crippen molar-refractivity contribution in [1.82, 2.24) is 10.3 Å². The van der Waals surface area contributed by atoms with E-state index in [0.29, 0.717) is 12.2 Å². The molecule has 0 saturated carbocycles. The fourth-order valence-electron chi connectivity index (χ4n) is 2.53. The molecule has 3 rings (SSSR count). The molecule has 1 heterocycles. The Bertz CT molecular complexity index is 845. The third kappa shape index (κ3) is 4.23. The Morgan fingerprint density at radius 3 is 2.44 bits per heavy atom. The van der Waals surface area contributed by atoms with Crippen molar-refractivity contribution < 1.29 is 4.79 Å². The number of nitrogens with one attached hydrogen (secondary N) is 1. The number of nitrogens with zero attached hydrogens (tertiary/aromatic N) is 2. The number of pyridine rings is 1. The fraction of sp³-hybridized carbons (Fsp3) is 0.143. The summed E-state index contributed by atoms with van der Waals surface area (Å²) in [7, 11) is 1.97. The quantitative estimate of drug-likeness (QED) is 0.766. The molecule has 4 heteroatoms. The lowest BCUT2D eigenvalue weighted by Gasteiger charge is -2.19. The highest BCUT2D eigenvalue weighted by Gasteiger charge is 2.10. The van der Waals surface area contributed by atoms with E-state index in [1.54, 1.807) is 12.3 Å². The van der Waals surface area contributed by atoms with Gasteiger partial charge in [0.1, 0.15) is 5.69 Å². The minimum absolute atomic E-state index is 0.177. The Morgan fingerprint density at radius 1 is 1.00 bits per heavy atom. The van der Waals surface area contributed by atoms with Gasteiger partial charge in [0.05, 0.1) is 0 Å². The number of hydrogen-bond acceptors (Lipinski definition) is 3. The van der Waals surface area contributed by atoms with Gasteiger partial charge in [0, 0.05) is 31.2 Å². The number of hydrogen-bond donors (Lipinski definition) is 1. The highest BCUT2D eigenvalue weighted by Crippen LogP contribution is 2.23. The lowest BCUT2D eigenvalue weighted by Crippen LogP contribution is -2.24. The van der Waals surface area contributed by atoms with Crippen LogP contribution in [0.4, 0.5) is 11.4 Å². The van der Waals surface area contributed by atoms with Gasteiger partial charge in [-0.3, -0.25) is 9.78 Å². The van der Waals surface area contributed by atoms with E-state index in [1.165, 1.54) is 5.56 Å². The second-order valence-electron chi connectivity index (χ2n) is 5.96. The third-order valence-corrected chi connectivity index (χ3v) is 4.08.